The molecule has 2 rings (SSSR count). The van der Waals surface area contributed by atoms with E-state index in [0.29, 0.717) is 13.1 Å². The maximum Gasteiger partial charge on any atom is 0.239 e. The molecule has 18 heavy (non-hydrogen) atoms. The molecule has 1 aromatic rings. The zero-order chi connectivity index (χ0) is 13.2. The third-order valence-electron chi connectivity index (χ3n) is 2.78. The van der Waals surface area contributed by atoms with E-state index < -0.39 is 0 Å². The van der Waals surface area contributed by atoms with Crippen LogP contribution in [0.3, 0.4) is 0 Å². The molecule has 5 heteroatoms. The Morgan fingerprint density at radius 3 is 2.83 bits per heavy atom. The number of piperazine rings is 1. The first-order valence-electron chi connectivity index (χ1n) is 6.27. The summed E-state index contributed by atoms with van der Waals surface area (Å²) in [5.41, 5.74) is 1.23. The van der Waals surface area contributed by atoms with Crippen molar-refractivity contribution in [2.24, 2.45) is 5.41 Å². The molecule has 1 aliphatic rings. The highest BCUT2D eigenvalue weighted by Crippen LogP contribution is 2.21. The maximum absolute atomic E-state index is 11.4. The van der Waals surface area contributed by atoms with E-state index in [1.807, 2.05) is 11.0 Å². The first-order valence-corrected chi connectivity index (χ1v) is 6.27. The number of hydrogen-bond acceptors (Lipinski definition) is 4. The lowest BCUT2D eigenvalue weighted by atomic mass is 9.90. The van der Waals surface area contributed by atoms with Crippen LogP contribution >= 0.6 is 0 Å². The molecule has 1 amide bonds. The summed E-state index contributed by atoms with van der Waals surface area (Å²) >= 11 is 0. The quantitative estimate of drug-likeness (QED) is 0.848. The molecule has 1 saturated heterocycles. The van der Waals surface area contributed by atoms with E-state index in [-0.39, 0.29) is 11.3 Å². The van der Waals surface area contributed by atoms with Crippen molar-refractivity contribution in [2.45, 2.75) is 27.2 Å². The molecule has 1 fully saturated rings. The highest BCUT2D eigenvalue weighted by Gasteiger charge is 2.19. The number of amides is 1. The minimum absolute atomic E-state index is 0.0530. The van der Waals surface area contributed by atoms with Gasteiger partial charge in [-0.3, -0.25) is 4.79 Å². The summed E-state index contributed by atoms with van der Waals surface area (Å²) < 4.78 is 0. The molecule has 0 aromatic carbocycles. The highest BCUT2D eigenvalue weighted by atomic mass is 16.2. The summed E-state index contributed by atoms with van der Waals surface area (Å²) in [4.78, 5) is 21.9. The van der Waals surface area contributed by atoms with Crippen molar-refractivity contribution < 1.29 is 4.79 Å². The average Bonchev–Trinajstić information content (AvgIpc) is 2.27. The molecular weight excluding hydrogens is 228 g/mol. The molecule has 98 valence electrons. The monoisotopic (exact) mass is 248 g/mol. The van der Waals surface area contributed by atoms with Gasteiger partial charge in [-0.2, -0.15) is 0 Å². The van der Waals surface area contributed by atoms with E-state index in [9.17, 15) is 4.79 Å². The SMILES string of the molecule is CC(C)(C)Cc1cc(N2CCNC(=O)C2)ncn1. The normalized spacial score (nSPS) is 16.6. The van der Waals surface area contributed by atoms with Crippen LogP contribution in [0.4, 0.5) is 5.82 Å². The van der Waals surface area contributed by atoms with Crippen LogP contribution in [-0.4, -0.2) is 35.5 Å². The molecule has 0 aliphatic carbocycles. The van der Waals surface area contributed by atoms with E-state index in [1.165, 1.54) is 0 Å². The number of carbonyl (C=O) groups excluding carboxylic acids is 1. The zero-order valence-corrected chi connectivity index (χ0v) is 11.2. The first-order chi connectivity index (χ1) is 8.44. The second-order valence-corrected chi connectivity index (χ2v) is 5.88. The summed E-state index contributed by atoms with van der Waals surface area (Å²) in [5.74, 6) is 0.899. The van der Waals surface area contributed by atoms with Crippen LogP contribution in [0.15, 0.2) is 12.4 Å². The van der Waals surface area contributed by atoms with E-state index in [1.54, 1.807) is 6.33 Å². The molecule has 0 saturated carbocycles. The predicted octanol–water partition coefficient (Wildman–Crippen LogP) is 1.00. The van der Waals surface area contributed by atoms with Crippen LogP contribution in [0.2, 0.25) is 0 Å². The lowest BCUT2D eigenvalue weighted by Crippen LogP contribution is -2.48. The van der Waals surface area contributed by atoms with Gasteiger partial charge in [0.05, 0.1) is 6.54 Å². The van der Waals surface area contributed by atoms with Crippen LogP contribution in [-0.2, 0) is 11.2 Å². The van der Waals surface area contributed by atoms with E-state index in [0.717, 1.165) is 24.5 Å². The second-order valence-electron chi connectivity index (χ2n) is 5.88. The fourth-order valence-electron chi connectivity index (χ4n) is 2.03. The van der Waals surface area contributed by atoms with Crippen molar-refractivity contribution in [1.82, 2.24) is 15.3 Å². The van der Waals surface area contributed by atoms with E-state index in [4.69, 9.17) is 0 Å². The largest absolute Gasteiger partial charge is 0.353 e. The van der Waals surface area contributed by atoms with Gasteiger partial charge in [0.2, 0.25) is 5.91 Å². The third kappa shape index (κ3) is 3.42. The van der Waals surface area contributed by atoms with Gasteiger partial charge in [-0.1, -0.05) is 20.8 Å². The van der Waals surface area contributed by atoms with Crippen molar-refractivity contribution in [3.63, 3.8) is 0 Å². The standard InChI is InChI=1S/C13H20N4O/c1-13(2,3)7-10-6-11(16-9-15-10)17-5-4-14-12(18)8-17/h6,9H,4-5,7-8H2,1-3H3,(H,14,18). The van der Waals surface area contributed by atoms with Gasteiger partial charge in [-0.15, -0.1) is 0 Å². The van der Waals surface area contributed by atoms with Crippen molar-refractivity contribution in [3.05, 3.63) is 18.1 Å². The van der Waals surface area contributed by atoms with Gasteiger partial charge in [0, 0.05) is 24.8 Å². The Morgan fingerprint density at radius 1 is 1.39 bits per heavy atom. The number of nitrogens with zero attached hydrogens (tertiary/aromatic N) is 3. The van der Waals surface area contributed by atoms with Gasteiger partial charge in [-0.25, -0.2) is 9.97 Å². The average molecular weight is 248 g/mol. The summed E-state index contributed by atoms with van der Waals surface area (Å²) in [6.07, 6.45) is 2.49. The van der Waals surface area contributed by atoms with Gasteiger partial charge in [0.1, 0.15) is 12.1 Å². The Hall–Kier alpha value is -1.65. The zero-order valence-electron chi connectivity index (χ0n) is 11.2. The van der Waals surface area contributed by atoms with Crippen LogP contribution in [0.5, 0.6) is 0 Å². The fraction of sp³-hybridized carbons (Fsp3) is 0.615. The van der Waals surface area contributed by atoms with Crippen molar-refractivity contribution in [2.75, 3.05) is 24.5 Å². The van der Waals surface area contributed by atoms with Crippen LogP contribution in [0.25, 0.3) is 0 Å². The van der Waals surface area contributed by atoms with Gasteiger partial charge >= 0.3 is 0 Å². The summed E-state index contributed by atoms with van der Waals surface area (Å²) in [6, 6.07) is 1.99. The Morgan fingerprint density at radius 2 is 2.17 bits per heavy atom. The van der Waals surface area contributed by atoms with Crippen molar-refractivity contribution in [1.29, 1.82) is 0 Å². The first kappa shape index (κ1) is 12.8. The molecular formula is C13H20N4O. The smallest absolute Gasteiger partial charge is 0.239 e. The topological polar surface area (TPSA) is 58.1 Å². The number of aromatic nitrogens is 2. The van der Waals surface area contributed by atoms with E-state index >= 15 is 0 Å². The van der Waals surface area contributed by atoms with Gasteiger partial charge in [0.15, 0.2) is 0 Å². The number of rotatable bonds is 2. The Kier molecular flexibility index (Phi) is 3.50. The molecule has 1 N–H and O–H groups in total. The van der Waals surface area contributed by atoms with E-state index in [2.05, 4.69) is 36.1 Å². The molecule has 0 radical (unpaired) electrons. The third-order valence-corrected chi connectivity index (χ3v) is 2.78. The lowest BCUT2D eigenvalue weighted by Gasteiger charge is -2.28. The Bertz CT molecular complexity index is 439. The molecule has 2 heterocycles. The minimum Gasteiger partial charge on any atom is -0.353 e. The van der Waals surface area contributed by atoms with Crippen LogP contribution in [0.1, 0.15) is 26.5 Å². The number of carbonyl (C=O) groups is 1. The van der Waals surface area contributed by atoms with Gasteiger partial charge in [-0.05, 0) is 11.8 Å². The van der Waals surface area contributed by atoms with Gasteiger partial charge < -0.3 is 10.2 Å². The number of anilines is 1. The number of hydrogen-bond donors (Lipinski definition) is 1. The summed E-state index contributed by atoms with van der Waals surface area (Å²) in [5, 5.41) is 2.81. The highest BCUT2D eigenvalue weighted by molar-refractivity contribution is 5.82. The second kappa shape index (κ2) is 4.92. The van der Waals surface area contributed by atoms with Crippen molar-refractivity contribution in [3.8, 4) is 0 Å². The van der Waals surface area contributed by atoms with Crippen LogP contribution < -0.4 is 10.2 Å². The summed E-state index contributed by atoms with van der Waals surface area (Å²) in [7, 11) is 0. The molecule has 1 aliphatic heterocycles. The van der Waals surface area contributed by atoms with Gasteiger partial charge in [0.25, 0.3) is 0 Å². The Balaban J connectivity index is 2.14. The summed E-state index contributed by atoms with van der Waals surface area (Å²) in [6.45, 7) is 8.41. The lowest BCUT2D eigenvalue weighted by molar-refractivity contribution is -0.120. The minimum atomic E-state index is 0.0530. The molecule has 0 bridgehead atoms. The number of nitrogens with one attached hydrogen (secondary N) is 1. The fourth-order valence-corrected chi connectivity index (χ4v) is 2.03. The Labute approximate surface area is 108 Å². The van der Waals surface area contributed by atoms with Crippen molar-refractivity contribution >= 4 is 11.7 Å². The maximum atomic E-state index is 11.4. The molecule has 0 atom stereocenters. The molecule has 5 nitrogen and oxygen atoms in total. The van der Waals surface area contributed by atoms with Crippen LogP contribution in [0, 0.1) is 5.41 Å². The molecule has 0 unspecified atom stereocenters. The predicted molar refractivity (Wildman–Crippen MR) is 70.4 cm³/mol. The molecule has 0 spiro atoms. The molecule has 1 aromatic heterocycles.